The largest absolute Gasteiger partial charge is 0.394 e. The Morgan fingerprint density at radius 2 is 1.94 bits per heavy atom. The van der Waals surface area contributed by atoms with Crippen molar-refractivity contribution in [2.45, 2.75) is 82.0 Å². The van der Waals surface area contributed by atoms with Crippen LogP contribution in [0.2, 0.25) is 0 Å². The molecule has 2 N–H and O–H groups in total. The quantitative estimate of drug-likeness (QED) is 0.758. The minimum atomic E-state index is 0.0341. The second-order valence-corrected chi connectivity index (χ2v) is 6.67. The number of hydrogen-bond acceptors (Lipinski definition) is 3. The molecule has 0 spiro atoms. The summed E-state index contributed by atoms with van der Waals surface area (Å²) in [5.41, 5.74) is 0.0341. The summed E-state index contributed by atoms with van der Waals surface area (Å²) in [6, 6.07) is 2.26. The van der Waals surface area contributed by atoms with Crippen LogP contribution in [0.4, 0.5) is 0 Å². The van der Waals surface area contributed by atoms with Gasteiger partial charge < -0.3 is 10.4 Å². The van der Waals surface area contributed by atoms with Crippen molar-refractivity contribution in [2.24, 2.45) is 0 Å². The molecule has 3 fully saturated rings. The van der Waals surface area contributed by atoms with Crippen LogP contribution in [-0.2, 0) is 0 Å². The molecule has 3 aliphatic carbocycles. The summed E-state index contributed by atoms with van der Waals surface area (Å²) in [4.78, 5) is 2.71. The van der Waals surface area contributed by atoms with Crippen molar-refractivity contribution in [2.75, 3.05) is 13.2 Å². The normalized spacial score (nSPS) is 37.2. The van der Waals surface area contributed by atoms with E-state index in [4.69, 9.17) is 0 Å². The maximum absolute atomic E-state index is 9.86. The predicted octanol–water partition coefficient (Wildman–Crippen LogP) is 1.90. The molecule has 0 aromatic rings. The Morgan fingerprint density at radius 1 is 1.17 bits per heavy atom. The van der Waals surface area contributed by atoms with Gasteiger partial charge in [0.1, 0.15) is 0 Å². The minimum Gasteiger partial charge on any atom is -0.394 e. The lowest BCUT2D eigenvalue weighted by Gasteiger charge is -2.44. The molecule has 2 atom stereocenters. The molecule has 3 heteroatoms. The third-order valence-corrected chi connectivity index (χ3v) is 5.06. The number of nitrogens with zero attached hydrogens (tertiary/aromatic N) is 1. The van der Waals surface area contributed by atoms with Gasteiger partial charge in [-0.1, -0.05) is 6.92 Å². The Morgan fingerprint density at radius 3 is 2.50 bits per heavy atom. The molecular formula is C15H28N2O. The van der Waals surface area contributed by atoms with Gasteiger partial charge >= 0.3 is 0 Å². The Labute approximate surface area is 111 Å². The van der Waals surface area contributed by atoms with Gasteiger partial charge in [-0.25, -0.2) is 0 Å². The molecule has 0 bridgehead atoms. The lowest BCUT2D eigenvalue weighted by atomic mass is 9.78. The molecule has 104 valence electrons. The molecule has 0 radical (unpaired) electrons. The number of aliphatic hydroxyl groups is 1. The predicted molar refractivity (Wildman–Crippen MR) is 73.6 cm³/mol. The summed E-state index contributed by atoms with van der Waals surface area (Å²) >= 11 is 0. The van der Waals surface area contributed by atoms with Crippen LogP contribution in [0.5, 0.6) is 0 Å². The molecule has 0 heterocycles. The first-order valence-electron chi connectivity index (χ1n) is 7.90. The van der Waals surface area contributed by atoms with E-state index in [2.05, 4.69) is 17.1 Å². The zero-order valence-electron chi connectivity index (χ0n) is 11.7. The molecule has 3 nitrogen and oxygen atoms in total. The molecule has 2 unspecified atom stereocenters. The van der Waals surface area contributed by atoms with Gasteiger partial charge in [0, 0.05) is 23.7 Å². The monoisotopic (exact) mass is 252 g/mol. The summed E-state index contributed by atoms with van der Waals surface area (Å²) < 4.78 is 0. The van der Waals surface area contributed by atoms with E-state index in [1.165, 1.54) is 51.5 Å². The second kappa shape index (κ2) is 5.10. The summed E-state index contributed by atoms with van der Waals surface area (Å²) in [5.74, 6) is 0. The fourth-order valence-corrected chi connectivity index (χ4v) is 3.82. The molecule has 0 aromatic heterocycles. The van der Waals surface area contributed by atoms with E-state index in [9.17, 15) is 5.11 Å². The molecule has 3 aliphatic rings. The van der Waals surface area contributed by atoms with Crippen LogP contribution in [0.25, 0.3) is 0 Å². The van der Waals surface area contributed by atoms with Crippen molar-refractivity contribution in [3.63, 3.8) is 0 Å². The number of aliphatic hydroxyl groups excluding tert-OH is 1. The first-order valence-corrected chi connectivity index (χ1v) is 7.90. The van der Waals surface area contributed by atoms with Gasteiger partial charge in [-0.05, 0) is 57.9 Å². The van der Waals surface area contributed by atoms with E-state index in [-0.39, 0.29) is 5.54 Å². The SMILES string of the molecule is CCN(C1CC1)C1CCCC(CO)(NC2CC2)C1. The number of nitrogens with one attached hydrogen (secondary N) is 1. The van der Waals surface area contributed by atoms with Gasteiger partial charge in [0.05, 0.1) is 6.61 Å². The Balaban J connectivity index is 1.64. The summed E-state index contributed by atoms with van der Waals surface area (Å²) in [5, 5.41) is 13.6. The van der Waals surface area contributed by atoms with Gasteiger partial charge in [0.25, 0.3) is 0 Å². The zero-order valence-corrected chi connectivity index (χ0v) is 11.7. The van der Waals surface area contributed by atoms with Crippen LogP contribution >= 0.6 is 0 Å². The van der Waals surface area contributed by atoms with Crippen LogP contribution in [0.1, 0.15) is 58.3 Å². The summed E-state index contributed by atoms with van der Waals surface area (Å²) in [6.45, 7) is 3.80. The highest BCUT2D eigenvalue weighted by atomic mass is 16.3. The van der Waals surface area contributed by atoms with E-state index in [1.54, 1.807) is 0 Å². The topological polar surface area (TPSA) is 35.5 Å². The Kier molecular flexibility index (Phi) is 3.65. The van der Waals surface area contributed by atoms with E-state index in [0.29, 0.717) is 18.7 Å². The zero-order chi connectivity index (χ0) is 12.6. The van der Waals surface area contributed by atoms with E-state index < -0.39 is 0 Å². The van der Waals surface area contributed by atoms with Gasteiger partial charge in [0.15, 0.2) is 0 Å². The first kappa shape index (κ1) is 12.9. The fraction of sp³-hybridized carbons (Fsp3) is 1.00. The molecule has 3 rings (SSSR count). The Hall–Kier alpha value is -0.120. The van der Waals surface area contributed by atoms with Crippen LogP contribution in [0.15, 0.2) is 0 Å². The Bertz CT molecular complexity index is 288. The lowest BCUT2D eigenvalue weighted by Crippen LogP contribution is -2.56. The van der Waals surface area contributed by atoms with E-state index in [1.807, 2.05) is 0 Å². The molecule has 18 heavy (non-hydrogen) atoms. The maximum atomic E-state index is 9.86. The third kappa shape index (κ3) is 2.73. The second-order valence-electron chi connectivity index (χ2n) is 6.67. The maximum Gasteiger partial charge on any atom is 0.0613 e. The fourth-order valence-electron chi connectivity index (χ4n) is 3.82. The molecule has 0 aromatic carbocycles. The third-order valence-electron chi connectivity index (χ3n) is 5.06. The smallest absolute Gasteiger partial charge is 0.0613 e. The number of rotatable bonds is 6. The molecule has 0 saturated heterocycles. The van der Waals surface area contributed by atoms with Gasteiger partial charge in [-0.2, -0.15) is 0 Å². The van der Waals surface area contributed by atoms with Gasteiger partial charge in [0.2, 0.25) is 0 Å². The van der Waals surface area contributed by atoms with Crippen LogP contribution in [-0.4, -0.2) is 46.8 Å². The summed E-state index contributed by atoms with van der Waals surface area (Å²) in [7, 11) is 0. The van der Waals surface area contributed by atoms with E-state index in [0.717, 1.165) is 12.5 Å². The molecule has 3 saturated carbocycles. The number of hydrogen-bond donors (Lipinski definition) is 2. The first-order chi connectivity index (χ1) is 8.76. The van der Waals surface area contributed by atoms with Gasteiger partial charge in [-0.15, -0.1) is 0 Å². The van der Waals surface area contributed by atoms with E-state index >= 15 is 0 Å². The molecule has 0 aliphatic heterocycles. The average Bonchev–Trinajstić information content (AvgIpc) is 3.25. The highest BCUT2D eigenvalue weighted by Crippen LogP contribution is 2.38. The highest BCUT2D eigenvalue weighted by molar-refractivity contribution is 5.02. The van der Waals surface area contributed by atoms with Crippen molar-refractivity contribution < 1.29 is 5.11 Å². The van der Waals surface area contributed by atoms with Crippen molar-refractivity contribution in [1.82, 2.24) is 10.2 Å². The van der Waals surface area contributed by atoms with Crippen molar-refractivity contribution in [1.29, 1.82) is 0 Å². The standard InChI is InChI=1S/C15H28N2O/c1-2-17(13-7-8-13)14-4-3-9-15(10-14,11-18)16-12-5-6-12/h12-14,16,18H,2-11H2,1H3. The van der Waals surface area contributed by atoms with Gasteiger partial charge in [-0.3, -0.25) is 4.90 Å². The molecular weight excluding hydrogens is 224 g/mol. The highest BCUT2D eigenvalue weighted by Gasteiger charge is 2.43. The minimum absolute atomic E-state index is 0.0341. The van der Waals surface area contributed by atoms with Crippen molar-refractivity contribution in [3.8, 4) is 0 Å². The lowest BCUT2D eigenvalue weighted by molar-refractivity contribution is 0.0565. The van der Waals surface area contributed by atoms with Crippen LogP contribution < -0.4 is 5.32 Å². The molecule has 0 amide bonds. The van der Waals surface area contributed by atoms with Crippen molar-refractivity contribution >= 4 is 0 Å². The van der Waals surface area contributed by atoms with Crippen molar-refractivity contribution in [3.05, 3.63) is 0 Å². The van der Waals surface area contributed by atoms with Crippen LogP contribution in [0.3, 0.4) is 0 Å². The summed E-state index contributed by atoms with van der Waals surface area (Å²) in [6.07, 6.45) is 10.3. The van der Waals surface area contributed by atoms with Crippen LogP contribution in [0, 0.1) is 0 Å². The average molecular weight is 252 g/mol.